The fourth-order valence-corrected chi connectivity index (χ4v) is 3.11. The van der Waals surface area contributed by atoms with Crippen molar-refractivity contribution >= 4 is 0 Å². The molecule has 1 heterocycles. The molecule has 100 valence electrons. The van der Waals surface area contributed by atoms with Crippen LogP contribution in [0.1, 0.15) is 46.5 Å². The molecule has 2 fully saturated rings. The van der Waals surface area contributed by atoms with Crippen LogP contribution >= 0.6 is 0 Å². The summed E-state index contributed by atoms with van der Waals surface area (Å²) in [6, 6.07) is 1.48. The van der Waals surface area contributed by atoms with Crippen molar-refractivity contribution in [1.82, 2.24) is 10.2 Å². The van der Waals surface area contributed by atoms with Crippen LogP contribution in [0.15, 0.2) is 0 Å². The highest BCUT2D eigenvalue weighted by Crippen LogP contribution is 2.33. The number of methoxy groups -OCH3 is 1. The SMILES string of the molecule is CCC1CNC(C)(CC)CN1C1CC(OC)C1. The van der Waals surface area contributed by atoms with Gasteiger partial charge in [0.25, 0.3) is 0 Å². The summed E-state index contributed by atoms with van der Waals surface area (Å²) in [6.45, 7) is 9.30. The van der Waals surface area contributed by atoms with E-state index in [1.165, 1.54) is 32.2 Å². The van der Waals surface area contributed by atoms with E-state index in [0.29, 0.717) is 11.6 Å². The number of ether oxygens (including phenoxy) is 1. The smallest absolute Gasteiger partial charge is 0.0601 e. The molecule has 1 saturated heterocycles. The maximum atomic E-state index is 5.41. The summed E-state index contributed by atoms with van der Waals surface area (Å²) >= 11 is 0. The molecule has 1 aliphatic carbocycles. The molecule has 0 aromatic rings. The highest BCUT2D eigenvalue weighted by Gasteiger charge is 2.42. The monoisotopic (exact) mass is 240 g/mol. The zero-order valence-electron chi connectivity index (χ0n) is 11.8. The molecule has 3 nitrogen and oxygen atoms in total. The molecule has 2 aliphatic rings. The van der Waals surface area contributed by atoms with Gasteiger partial charge in [-0.1, -0.05) is 13.8 Å². The minimum absolute atomic E-state index is 0.309. The molecule has 0 aromatic carbocycles. The molecule has 1 saturated carbocycles. The summed E-state index contributed by atoms with van der Waals surface area (Å²) < 4.78 is 5.41. The number of nitrogens with one attached hydrogen (secondary N) is 1. The van der Waals surface area contributed by atoms with E-state index in [1.807, 2.05) is 7.11 Å². The third-order valence-electron chi connectivity index (χ3n) is 4.89. The molecule has 17 heavy (non-hydrogen) atoms. The molecule has 0 spiro atoms. The van der Waals surface area contributed by atoms with Crippen LogP contribution in [0, 0.1) is 0 Å². The van der Waals surface area contributed by atoms with Gasteiger partial charge in [-0.05, 0) is 32.6 Å². The lowest BCUT2D eigenvalue weighted by molar-refractivity contribution is -0.0620. The van der Waals surface area contributed by atoms with Gasteiger partial charge in [0.05, 0.1) is 6.10 Å². The molecule has 1 aliphatic heterocycles. The Morgan fingerprint density at radius 1 is 1.35 bits per heavy atom. The number of hydrogen-bond donors (Lipinski definition) is 1. The summed E-state index contributed by atoms with van der Waals surface area (Å²) in [4.78, 5) is 2.75. The maximum absolute atomic E-state index is 5.41. The molecule has 1 N–H and O–H groups in total. The standard InChI is InChI=1S/C14H28N2O/c1-5-11-9-15-14(3,6-2)10-16(11)12-7-13(8-12)17-4/h11-13,15H,5-10H2,1-4H3. The van der Waals surface area contributed by atoms with Crippen molar-refractivity contribution in [2.45, 2.75) is 70.2 Å². The first-order valence-electron chi connectivity index (χ1n) is 7.15. The molecule has 0 amide bonds. The van der Waals surface area contributed by atoms with Gasteiger partial charge in [0.15, 0.2) is 0 Å². The molecule has 2 rings (SSSR count). The van der Waals surface area contributed by atoms with E-state index in [0.717, 1.165) is 18.6 Å². The highest BCUT2D eigenvalue weighted by molar-refractivity contribution is 5.00. The van der Waals surface area contributed by atoms with Crippen LogP contribution in [0.4, 0.5) is 0 Å². The van der Waals surface area contributed by atoms with Crippen LogP contribution < -0.4 is 5.32 Å². The second kappa shape index (κ2) is 5.25. The Bertz CT molecular complexity index is 253. The maximum Gasteiger partial charge on any atom is 0.0601 e. The van der Waals surface area contributed by atoms with E-state index < -0.39 is 0 Å². The summed E-state index contributed by atoms with van der Waals surface area (Å²) in [7, 11) is 1.84. The third kappa shape index (κ3) is 2.67. The second-order valence-electron chi connectivity index (χ2n) is 6.01. The molecular formula is C14H28N2O. The number of piperazine rings is 1. The quantitative estimate of drug-likeness (QED) is 0.813. The van der Waals surface area contributed by atoms with Gasteiger partial charge in [-0.3, -0.25) is 4.90 Å². The van der Waals surface area contributed by atoms with Gasteiger partial charge < -0.3 is 10.1 Å². The van der Waals surface area contributed by atoms with Crippen LogP contribution in [0.5, 0.6) is 0 Å². The average molecular weight is 240 g/mol. The topological polar surface area (TPSA) is 24.5 Å². The van der Waals surface area contributed by atoms with Gasteiger partial charge in [0.2, 0.25) is 0 Å². The normalized spacial score (nSPS) is 43.4. The van der Waals surface area contributed by atoms with Crippen molar-refractivity contribution in [3.05, 3.63) is 0 Å². The van der Waals surface area contributed by atoms with Crippen molar-refractivity contribution < 1.29 is 4.74 Å². The fraction of sp³-hybridized carbons (Fsp3) is 1.00. The predicted molar refractivity (Wildman–Crippen MR) is 71.3 cm³/mol. The van der Waals surface area contributed by atoms with E-state index >= 15 is 0 Å². The van der Waals surface area contributed by atoms with Crippen molar-refractivity contribution in [3.8, 4) is 0 Å². The molecule has 0 radical (unpaired) electrons. The molecule has 3 heteroatoms. The second-order valence-corrected chi connectivity index (χ2v) is 6.01. The Kier molecular flexibility index (Phi) is 4.11. The van der Waals surface area contributed by atoms with Crippen molar-refractivity contribution in [2.24, 2.45) is 0 Å². The van der Waals surface area contributed by atoms with E-state index in [-0.39, 0.29) is 0 Å². The summed E-state index contributed by atoms with van der Waals surface area (Å²) in [5.74, 6) is 0. The summed E-state index contributed by atoms with van der Waals surface area (Å²) in [5.41, 5.74) is 0.309. The highest BCUT2D eigenvalue weighted by atomic mass is 16.5. The lowest BCUT2D eigenvalue weighted by Gasteiger charge is -2.53. The summed E-state index contributed by atoms with van der Waals surface area (Å²) in [5, 5.41) is 3.73. The Morgan fingerprint density at radius 2 is 2.06 bits per heavy atom. The van der Waals surface area contributed by atoms with Crippen LogP contribution in [0.2, 0.25) is 0 Å². The minimum atomic E-state index is 0.309. The van der Waals surface area contributed by atoms with Gasteiger partial charge in [0.1, 0.15) is 0 Å². The first-order chi connectivity index (χ1) is 8.11. The number of nitrogens with zero attached hydrogens (tertiary/aromatic N) is 1. The van der Waals surface area contributed by atoms with Gasteiger partial charge in [-0.25, -0.2) is 0 Å². The Morgan fingerprint density at radius 3 is 2.59 bits per heavy atom. The summed E-state index contributed by atoms with van der Waals surface area (Å²) in [6.07, 6.45) is 5.43. The third-order valence-corrected chi connectivity index (χ3v) is 4.89. The zero-order valence-corrected chi connectivity index (χ0v) is 11.8. The van der Waals surface area contributed by atoms with Crippen LogP contribution in [-0.4, -0.2) is 48.8 Å². The average Bonchev–Trinajstić information content (AvgIpc) is 2.28. The molecule has 0 bridgehead atoms. The van der Waals surface area contributed by atoms with Crippen molar-refractivity contribution in [3.63, 3.8) is 0 Å². The van der Waals surface area contributed by atoms with Gasteiger partial charge >= 0.3 is 0 Å². The Balaban J connectivity index is 1.96. The van der Waals surface area contributed by atoms with E-state index in [4.69, 9.17) is 4.74 Å². The first-order valence-corrected chi connectivity index (χ1v) is 7.15. The van der Waals surface area contributed by atoms with Gasteiger partial charge in [-0.15, -0.1) is 0 Å². The van der Waals surface area contributed by atoms with Crippen LogP contribution in [-0.2, 0) is 4.74 Å². The van der Waals surface area contributed by atoms with E-state index in [9.17, 15) is 0 Å². The number of rotatable bonds is 4. The van der Waals surface area contributed by atoms with Crippen molar-refractivity contribution in [1.29, 1.82) is 0 Å². The van der Waals surface area contributed by atoms with Crippen molar-refractivity contribution in [2.75, 3.05) is 20.2 Å². The van der Waals surface area contributed by atoms with Gasteiger partial charge in [-0.2, -0.15) is 0 Å². The Hall–Kier alpha value is -0.120. The fourth-order valence-electron chi connectivity index (χ4n) is 3.11. The van der Waals surface area contributed by atoms with Crippen LogP contribution in [0.25, 0.3) is 0 Å². The van der Waals surface area contributed by atoms with Gasteiger partial charge in [0, 0.05) is 37.8 Å². The van der Waals surface area contributed by atoms with E-state index in [2.05, 4.69) is 31.0 Å². The zero-order chi connectivity index (χ0) is 12.5. The predicted octanol–water partition coefficient (Wildman–Crippen LogP) is 2.02. The molecule has 0 aromatic heterocycles. The lowest BCUT2D eigenvalue weighted by atomic mass is 9.83. The Labute approximate surface area is 106 Å². The van der Waals surface area contributed by atoms with Crippen LogP contribution in [0.3, 0.4) is 0 Å². The number of hydrogen-bond acceptors (Lipinski definition) is 3. The minimum Gasteiger partial charge on any atom is -0.381 e. The van der Waals surface area contributed by atoms with E-state index in [1.54, 1.807) is 0 Å². The molecule has 2 unspecified atom stereocenters. The largest absolute Gasteiger partial charge is 0.381 e. The first kappa shape index (κ1) is 13.3. The molecular weight excluding hydrogens is 212 g/mol. The lowest BCUT2D eigenvalue weighted by Crippen LogP contribution is -2.66. The molecule has 2 atom stereocenters.